The zero-order valence-electron chi connectivity index (χ0n) is 18.7. The Labute approximate surface area is 197 Å². The Morgan fingerprint density at radius 1 is 1.03 bits per heavy atom. The van der Waals surface area contributed by atoms with Gasteiger partial charge in [-0.25, -0.2) is 14.5 Å². The van der Waals surface area contributed by atoms with Gasteiger partial charge in [0.2, 0.25) is 0 Å². The van der Waals surface area contributed by atoms with Crippen molar-refractivity contribution in [2.75, 3.05) is 31.1 Å². The fourth-order valence-corrected chi connectivity index (χ4v) is 4.60. The third-order valence-electron chi connectivity index (χ3n) is 6.30. The molecule has 33 heavy (non-hydrogen) atoms. The number of carbonyl (C=O) groups is 1. The molecule has 1 amide bonds. The molecule has 7 nitrogen and oxygen atoms in total. The van der Waals surface area contributed by atoms with Gasteiger partial charge in [0.05, 0.1) is 6.20 Å². The Morgan fingerprint density at radius 3 is 2.52 bits per heavy atom. The number of amides is 1. The first-order valence-corrected chi connectivity index (χ1v) is 11.4. The maximum Gasteiger partial charge on any atom is 0.259 e. The molecule has 4 heterocycles. The highest BCUT2D eigenvalue weighted by molar-refractivity contribution is 6.31. The number of hydrogen-bond donors (Lipinski definition) is 0. The van der Waals surface area contributed by atoms with E-state index < -0.39 is 0 Å². The molecule has 1 aliphatic heterocycles. The van der Waals surface area contributed by atoms with E-state index in [-0.39, 0.29) is 5.91 Å². The summed E-state index contributed by atoms with van der Waals surface area (Å²) in [6, 6.07) is 13.7. The van der Waals surface area contributed by atoms with Crippen LogP contribution in [0.15, 0.2) is 54.9 Å². The summed E-state index contributed by atoms with van der Waals surface area (Å²) in [6.07, 6.45) is 4.10. The number of halogens is 1. The third kappa shape index (κ3) is 4.04. The maximum absolute atomic E-state index is 13.3. The molecule has 8 heteroatoms. The lowest BCUT2D eigenvalue weighted by Crippen LogP contribution is -2.49. The van der Waals surface area contributed by atoms with E-state index in [1.165, 1.54) is 0 Å². The Hall–Kier alpha value is -3.45. The average Bonchev–Trinajstić information content (AvgIpc) is 3.27. The lowest BCUT2D eigenvalue weighted by Gasteiger charge is -2.35. The summed E-state index contributed by atoms with van der Waals surface area (Å²) in [6.45, 7) is 6.75. The van der Waals surface area contributed by atoms with Crippen LogP contribution < -0.4 is 4.90 Å². The highest BCUT2D eigenvalue weighted by Gasteiger charge is 2.26. The molecule has 1 fully saturated rings. The Bertz CT molecular complexity index is 1310. The molecule has 0 unspecified atom stereocenters. The number of rotatable bonds is 4. The predicted octanol–water partition coefficient (Wildman–Crippen LogP) is 3.95. The van der Waals surface area contributed by atoms with Crippen molar-refractivity contribution in [1.82, 2.24) is 24.5 Å². The quantitative estimate of drug-likeness (QED) is 0.461. The van der Waals surface area contributed by atoms with Crippen LogP contribution in [0.5, 0.6) is 0 Å². The van der Waals surface area contributed by atoms with E-state index in [1.54, 1.807) is 16.9 Å². The molecule has 4 aromatic rings. The molecule has 1 saturated heterocycles. The zero-order chi connectivity index (χ0) is 22.9. The van der Waals surface area contributed by atoms with Gasteiger partial charge < -0.3 is 9.80 Å². The minimum atomic E-state index is -0.0316. The highest BCUT2D eigenvalue weighted by atomic mass is 35.5. The fraction of sp³-hybridized carbons (Fsp3) is 0.280. The molecule has 0 N–H and O–H groups in total. The van der Waals surface area contributed by atoms with Crippen molar-refractivity contribution >= 4 is 29.0 Å². The van der Waals surface area contributed by atoms with E-state index in [2.05, 4.69) is 15.0 Å². The third-order valence-corrected chi connectivity index (χ3v) is 6.67. The molecule has 3 aromatic heterocycles. The van der Waals surface area contributed by atoms with E-state index in [4.69, 9.17) is 16.6 Å². The molecule has 1 aliphatic rings. The molecule has 0 radical (unpaired) electrons. The van der Waals surface area contributed by atoms with Crippen LogP contribution in [-0.2, 0) is 6.42 Å². The molecular weight excluding hydrogens is 436 g/mol. The Kier molecular flexibility index (Phi) is 5.72. The van der Waals surface area contributed by atoms with Crippen LogP contribution >= 0.6 is 11.6 Å². The van der Waals surface area contributed by atoms with Gasteiger partial charge in [0.15, 0.2) is 5.65 Å². The lowest BCUT2D eigenvalue weighted by atomic mass is 10.0. The number of carbonyl (C=O) groups excluding carboxylic acids is 1. The van der Waals surface area contributed by atoms with Crippen molar-refractivity contribution in [3.05, 3.63) is 88.0 Å². The average molecular weight is 461 g/mol. The number of aryl methyl sites for hydroxylation is 2. The SMILES string of the molecule is Cc1nc2c(C(=O)N3CCN(c4ccccn4)CC3)cnn2c(C)c1Cc1ccccc1Cl. The fourth-order valence-electron chi connectivity index (χ4n) is 4.40. The van der Waals surface area contributed by atoms with Crippen molar-refractivity contribution in [2.45, 2.75) is 20.3 Å². The summed E-state index contributed by atoms with van der Waals surface area (Å²) in [5.41, 5.74) is 5.11. The second-order valence-electron chi connectivity index (χ2n) is 8.29. The standard InChI is InChI=1S/C25H25ClN6O/c1-17-20(15-19-7-3-4-8-22(19)26)18(2)32-24(29-17)21(16-28-32)25(33)31-13-11-30(12-14-31)23-9-5-6-10-27-23/h3-10,16H,11-15H2,1-2H3. The van der Waals surface area contributed by atoms with Gasteiger partial charge in [0.1, 0.15) is 11.4 Å². The molecule has 0 aliphatic carbocycles. The first kappa shape index (κ1) is 21.4. The second-order valence-corrected chi connectivity index (χ2v) is 8.70. The van der Waals surface area contributed by atoms with E-state index >= 15 is 0 Å². The summed E-state index contributed by atoms with van der Waals surface area (Å²) >= 11 is 6.38. The largest absolute Gasteiger partial charge is 0.353 e. The van der Waals surface area contributed by atoms with Crippen LogP contribution in [0.2, 0.25) is 5.02 Å². The van der Waals surface area contributed by atoms with Gasteiger partial charge in [-0.2, -0.15) is 5.10 Å². The summed E-state index contributed by atoms with van der Waals surface area (Å²) in [5, 5.41) is 5.25. The first-order chi connectivity index (χ1) is 16.0. The van der Waals surface area contributed by atoms with Crippen LogP contribution in [0.4, 0.5) is 5.82 Å². The minimum Gasteiger partial charge on any atom is -0.353 e. The van der Waals surface area contributed by atoms with Gasteiger partial charge >= 0.3 is 0 Å². The van der Waals surface area contributed by atoms with Crippen LogP contribution in [0.1, 0.15) is 32.9 Å². The van der Waals surface area contributed by atoms with Crippen LogP contribution in [0.3, 0.4) is 0 Å². The van der Waals surface area contributed by atoms with Crippen molar-refractivity contribution < 1.29 is 4.79 Å². The number of hydrogen-bond acceptors (Lipinski definition) is 5. The summed E-state index contributed by atoms with van der Waals surface area (Å²) < 4.78 is 1.77. The molecule has 0 saturated carbocycles. The molecule has 1 aromatic carbocycles. The van der Waals surface area contributed by atoms with Gasteiger partial charge in [0.25, 0.3) is 5.91 Å². The minimum absolute atomic E-state index is 0.0316. The van der Waals surface area contributed by atoms with Crippen molar-refractivity contribution in [1.29, 1.82) is 0 Å². The van der Waals surface area contributed by atoms with Gasteiger partial charge in [0, 0.05) is 55.2 Å². The second kappa shape index (κ2) is 8.83. The number of aromatic nitrogens is 4. The lowest BCUT2D eigenvalue weighted by molar-refractivity contribution is 0.0748. The number of benzene rings is 1. The molecule has 0 spiro atoms. The normalized spacial score (nSPS) is 14.2. The Morgan fingerprint density at radius 2 is 1.79 bits per heavy atom. The van der Waals surface area contributed by atoms with E-state index in [0.29, 0.717) is 30.7 Å². The maximum atomic E-state index is 13.3. The number of pyridine rings is 1. The monoisotopic (exact) mass is 460 g/mol. The Balaban J connectivity index is 1.38. The highest BCUT2D eigenvalue weighted by Crippen LogP contribution is 2.24. The number of anilines is 1. The van der Waals surface area contributed by atoms with Crippen molar-refractivity contribution in [2.24, 2.45) is 0 Å². The van der Waals surface area contributed by atoms with Gasteiger partial charge in [-0.05, 0) is 43.2 Å². The first-order valence-electron chi connectivity index (χ1n) is 11.1. The van der Waals surface area contributed by atoms with E-state index in [0.717, 1.165) is 46.4 Å². The van der Waals surface area contributed by atoms with Gasteiger partial charge in [-0.3, -0.25) is 4.79 Å². The smallest absolute Gasteiger partial charge is 0.259 e. The molecule has 0 bridgehead atoms. The molecule has 168 valence electrons. The topological polar surface area (TPSA) is 66.6 Å². The summed E-state index contributed by atoms with van der Waals surface area (Å²) in [4.78, 5) is 26.6. The van der Waals surface area contributed by atoms with Crippen LogP contribution in [0.25, 0.3) is 5.65 Å². The summed E-state index contributed by atoms with van der Waals surface area (Å²) in [7, 11) is 0. The predicted molar refractivity (Wildman–Crippen MR) is 129 cm³/mol. The number of fused-ring (bicyclic) bond motifs is 1. The van der Waals surface area contributed by atoms with E-state index in [1.807, 2.05) is 61.2 Å². The molecular formula is C25H25ClN6O. The van der Waals surface area contributed by atoms with Gasteiger partial charge in [-0.15, -0.1) is 0 Å². The molecule has 0 atom stereocenters. The van der Waals surface area contributed by atoms with E-state index in [9.17, 15) is 4.79 Å². The summed E-state index contributed by atoms with van der Waals surface area (Å²) in [5.74, 6) is 0.912. The van der Waals surface area contributed by atoms with Crippen LogP contribution in [0, 0.1) is 13.8 Å². The van der Waals surface area contributed by atoms with Crippen molar-refractivity contribution in [3.63, 3.8) is 0 Å². The number of nitrogens with zero attached hydrogens (tertiary/aromatic N) is 6. The number of piperazine rings is 1. The van der Waals surface area contributed by atoms with Crippen molar-refractivity contribution in [3.8, 4) is 0 Å². The molecule has 5 rings (SSSR count). The van der Waals surface area contributed by atoms with Gasteiger partial charge in [-0.1, -0.05) is 35.9 Å². The van der Waals surface area contributed by atoms with Crippen LogP contribution in [-0.4, -0.2) is 56.6 Å². The zero-order valence-corrected chi connectivity index (χ0v) is 19.5.